The van der Waals surface area contributed by atoms with Gasteiger partial charge in [-0.05, 0) is 27.2 Å². The Balaban J connectivity index is 4.16. The van der Waals surface area contributed by atoms with Crippen LogP contribution in [0.15, 0.2) is 0 Å². The molecule has 3 N–H and O–H groups in total. The molecule has 0 rings (SSSR count). The topological polar surface area (TPSA) is 78.8 Å². The van der Waals surface area contributed by atoms with Crippen LogP contribution in [0.2, 0.25) is 0 Å². The zero-order valence-corrected chi connectivity index (χ0v) is 10.5. The predicted molar refractivity (Wildman–Crippen MR) is 61.2 cm³/mol. The molecule has 1 amide bonds. The number of nitrogens with one attached hydrogen (secondary N) is 1. The number of rotatable bonds is 5. The lowest BCUT2D eigenvalue weighted by atomic mass is 10.1. The monoisotopic (exact) mass is 233 g/mol. The number of aliphatic hydroxyl groups is 2. The van der Waals surface area contributed by atoms with E-state index in [9.17, 15) is 9.90 Å². The van der Waals surface area contributed by atoms with Crippen molar-refractivity contribution in [1.29, 1.82) is 0 Å². The predicted octanol–water partition coefficient (Wildman–Crippen LogP) is 1.03. The van der Waals surface area contributed by atoms with Crippen LogP contribution in [0.4, 0.5) is 4.79 Å². The molecular weight excluding hydrogens is 210 g/mol. The third-order valence-electron chi connectivity index (χ3n) is 1.95. The number of amides is 1. The largest absolute Gasteiger partial charge is 0.444 e. The summed E-state index contributed by atoms with van der Waals surface area (Å²) in [6, 6.07) is -0.671. The highest BCUT2D eigenvalue weighted by atomic mass is 16.6. The molecule has 0 bridgehead atoms. The van der Waals surface area contributed by atoms with Gasteiger partial charge in [-0.1, -0.05) is 13.3 Å². The standard InChI is InChI=1S/C11H23NO4/c1-5-6-9(14)8(7-13)12-10(15)16-11(2,3)4/h8-9,13-14H,5-7H2,1-4H3,(H,12,15)/t8-,9-/m1/s1. The van der Waals surface area contributed by atoms with Crippen molar-refractivity contribution < 1.29 is 19.7 Å². The van der Waals surface area contributed by atoms with E-state index in [2.05, 4.69) is 5.32 Å². The molecule has 0 saturated carbocycles. The molecule has 0 aromatic heterocycles. The number of carbonyl (C=O) groups is 1. The van der Waals surface area contributed by atoms with Crippen LogP contribution >= 0.6 is 0 Å². The Kier molecular flexibility index (Phi) is 6.36. The van der Waals surface area contributed by atoms with Gasteiger partial charge in [-0.25, -0.2) is 4.79 Å². The van der Waals surface area contributed by atoms with Gasteiger partial charge in [0.25, 0.3) is 0 Å². The first-order chi connectivity index (χ1) is 7.30. The summed E-state index contributed by atoms with van der Waals surface area (Å²) in [6.45, 7) is 6.88. The summed E-state index contributed by atoms with van der Waals surface area (Å²) in [6.07, 6.45) is -0.0569. The summed E-state index contributed by atoms with van der Waals surface area (Å²) in [5.74, 6) is 0. The molecule has 0 aromatic rings. The molecule has 0 aliphatic heterocycles. The summed E-state index contributed by atoms with van der Waals surface area (Å²) >= 11 is 0. The molecule has 5 nitrogen and oxygen atoms in total. The molecule has 0 unspecified atom stereocenters. The number of aliphatic hydroxyl groups excluding tert-OH is 2. The van der Waals surface area contributed by atoms with Crippen molar-refractivity contribution in [3.63, 3.8) is 0 Å². The molecule has 0 fully saturated rings. The van der Waals surface area contributed by atoms with Gasteiger partial charge in [0.05, 0.1) is 18.8 Å². The van der Waals surface area contributed by atoms with Gasteiger partial charge >= 0.3 is 6.09 Å². The Morgan fingerprint density at radius 1 is 1.44 bits per heavy atom. The average molecular weight is 233 g/mol. The molecule has 0 aliphatic rings. The van der Waals surface area contributed by atoms with Gasteiger partial charge in [-0.15, -0.1) is 0 Å². The number of ether oxygens (including phenoxy) is 1. The lowest BCUT2D eigenvalue weighted by Gasteiger charge is -2.25. The van der Waals surface area contributed by atoms with Crippen LogP contribution in [0.3, 0.4) is 0 Å². The Morgan fingerprint density at radius 2 is 2.00 bits per heavy atom. The van der Waals surface area contributed by atoms with E-state index in [1.165, 1.54) is 0 Å². The van der Waals surface area contributed by atoms with Crippen LogP contribution in [0.25, 0.3) is 0 Å². The van der Waals surface area contributed by atoms with Crippen molar-refractivity contribution in [2.24, 2.45) is 0 Å². The van der Waals surface area contributed by atoms with Gasteiger partial charge in [-0.2, -0.15) is 0 Å². The average Bonchev–Trinajstić information content (AvgIpc) is 2.11. The number of alkyl carbamates (subject to hydrolysis) is 1. The summed E-state index contributed by atoms with van der Waals surface area (Å²) in [5.41, 5.74) is -0.584. The molecular formula is C11H23NO4. The van der Waals surface area contributed by atoms with Crippen molar-refractivity contribution in [1.82, 2.24) is 5.32 Å². The van der Waals surface area contributed by atoms with Gasteiger partial charge in [0.1, 0.15) is 5.60 Å². The molecule has 16 heavy (non-hydrogen) atoms. The summed E-state index contributed by atoms with van der Waals surface area (Å²) < 4.78 is 5.03. The third kappa shape index (κ3) is 6.63. The highest BCUT2D eigenvalue weighted by Crippen LogP contribution is 2.08. The zero-order chi connectivity index (χ0) is 12.8. The molecule has 0 spiro atoms. The van der Waals surface area contributed by atoms with Gasteiger partial charge in [0.2, 0.25) is 0 Å². The van der Waals surface area contributed by atoms with Gasteiger partial charge in [-0.3, -0.25) is 0 Å². The molecule has 0 heterocycles. The summed E-state index contributed by atoms with van der Waals surface area (Å²) in [7, 11) is 0. The lowest BCUT2D eigenvalue weighted by molar-refractivity contribution is 0.0337. The SMILES string of the molecule is CCC[C@@H](O)[C@@H](CO)NC(=O)OC(C)(C)C. The zero-order valence-electron chi connectivity index (χ0n) is 10.5. The number of carbonyl (C=O) groups excluding carboxylic acids is 1. The number of hydrogen-bond donors (Lipinski definition) is 3. The second-order valence-electron chi connectivity index (χ2n) is 4.79. The van der Waals surface area contributed by atoms with Crippen LogP contribution in [-0.4, -0.2) is 40.7 Å². The normalized spacial score (nSPS) is 15.4. The van der Waals surface area contributed by atoms with Crippen LogP contribution in [0.5, 0.6) is 0 Å². The van der Waals surface area contributed by atoms with Gasteiger partial charge in [0, 0.05) is 0 Å². The van der Waals surface area contributed by atoms with E-state index in [1.54, 1.807) is 20.8 Å². The minimum Gasteiger partial charge on any atom is -0.444 e. The highest BCUT2D eigenvalue weighted by molar-refractivity contribution is 5.68. The minimum atomic E-state index is -0.748. The quantitative estimate of drug-likeness (QED) is 0.662. The van der Waals surface area contributed by atoms with Gasteiger partial charge in [0.15, 0.2) is 0 Å². The minimum absolute atomic E-state index is 0.305. The summed E-state index contributed by atoms with van der Waals surface area (Å²) in [5, 5.41) is 21.1. The fourth-order valence-corrected chi connectivity index (χ4v) is 1.22. The Hall–Kier alpha value is -0.810. The van der Waals surface area contributed by atoms with Crippen LogP contribution in [0.1, 0.15) is 40.5 Å². The first kappa shape index (κ1) is 15.2. The molecule has 0 saturated heterocycles. The first-order valence-corrected chi connectivity index (χ1v) is 5.58. The van der Waals surface area contributed by atoms with E-state index in [-0.39, 0.29) is 6.61 Å². The van der Waals surface area contributed by atoms with E-state index < -0.39 is 23.8 Å². The third-order valence-corrected chi connectivity index (χ3v) is 1.95. The van der Waals surface area contributed by atoms with Crippen molar-refractivity contribution in [2.75, 3.05) is 6.61 Å². The van der Waals surface area contributed by atoms with Crippen molar-refractivity contribution in [3.05, 3.63) is 0 Å². The smallest absolute Gasteiger partial charge is 0.408 e. The van der Waals surface area contributed by atoms with Crippen molar-refractivity contribution in [2.45, 2.75) is 58.3 Å². The van der Waals surface area contributed by atoms with E-state index in [1.807, 2.05) is 6.92 Å². The Morgan fingerprint density at radius 3 is 2.38 bits per heavy atom. The van der Waals surface area contributed by atoms with Crippen molar-refractivity contribution >= 4 is 6.09 Å². The molecule has 5 heteroatoms. The molecule has 0 aliphatic carbocycles. The first-order valence-electron chi connectivity index (χ1n) is 5.58. The fourth-order valence-electron chi connectivity index (χ4n) is 1.22. The maximum atomic E-state index is 11.4. The maximum absolute atomic E-state index is 11.4. The van der Waals surface area contributed by atoms with Crippen molar-refractivity contribution in [3.8, 4) is 0 Å². The van der Waals surface area contributed by atoms with Crippen LogP contribution < -0.4 is 5.32 Å². The van der Waals surface area contributed by atoms with Crippen LogP contribution in [-0.2, 0) is 4.74 Å². The van der Waals surface area contributed by atoms with E-state index in [0.717, 1.165) is 6.42 Å². The summed E-state index contributed by atoms with van der Waals surface area (Å²) in [4.78, 5) is 11.4. The highest BCUT2D eigenvalue weighted by Gasteiger charge is 2.23. The molecule has 96 valence electrons. The Bertz CT molecular complexity index is 213. The molecule has 0 radical (unpaired) electrons. The van der Waals surface area contributed by atoms with E-state index in [4.69, 9.17) is 9.84 Å². The van der Waals surface area contributed by atoms with E-state index >= 15 is 0 Å². The second kappa shape index (κ2) is 6.70. The fraction of sp³-hybridized carbons (Fsp3) is 0.909. The van der Waals surface area contributed by atoms with Gasteiger partial charge < -0.3 is 20.3 Å². The lowest BCUT2D eigenvalue weighted by Crippen LogP contribution is -2.47. The maximum Gasteiger partial charge on any atom is 0.408 e. The Labute approximate surface area is 96.8 Å². The van der Waals surface area contributed by atoms with Crippen LogP contribution in [0, 0.1) is 0 Å². The molecule has 2 atom stereocenters. The second-order valence-corrected chi connectivity index (χ2v) is 4.79. The van der Waals surface area contributed by atoms with E-state index in [0.29, 0.717) is 6.42 Å². The number of hydrogen-bond acceptors (Lipinski definition) is 4. The molecule has 0 aromatic carbocycles.